The van der Waals surface area contributed by atoms with Gasteiger partial charge in [0.15, 0.2) is 0 Å². The number of hydrogen-bond acceptors (Lipinski definition) is 16. The molecule has 0 unspecified atom stereocenters. The topological polar surface area (TPSA) is 204 Å². The Hall–Kier alpha value is -9.83. The zero-order chi connectivity index (χ0) is 62.1. The average molecular weight is 1190 g/mol. The fourth-order valence-electron chi connectivity index (χ4n) is 10.8. The number of aromatic hydroxyl groups is 4. The van der Waals surface area contributed by atoms with Crippen molar-refractivity contribution >= 4 is 41.4 Å². The monoisotopic (exact) mass is 1190 g/mol. The summed E-state index contributed by atoms with van der Waals surface area (Å²) in [6.45, 7) is 5.44. The SMILES string of the molecule is CCCCCOc1c2cc(/N=C/c3ccc(OC)cc3OC)cc1Cc1cc(NCc3ccc(O)cc3OC)cc(c1O)Cc1cc(/N=C/c3ccc(OC)cc3OC)cc(c1OCCCCC)Cc1cc(/N=C/c3ccc(O)cc3OC)cc(c1O)C2. The lowest BCUT2D eigenvalue weighted by Crippen LogP contribution is -2.08. The van der Waals surface area contributed by atoms with Gasteiger partial charge < -0.3 is 63.6 Å². The molecule has 0 spiro atoms. The lowest BCUT2D eigenvalue weighted by Gasteiger charge is -2.22. The van der Waals surface area contributed by atoms with E-state index in [-0.39, 0.29) is 48.7 Å². The molecule has 8 aromatic rings. The maximum Gasteiger partial charge on any atom is 0.131 e. The van der Waals surface area contributed by atoms with E-state index in [2.05, 4.69) is 19.2 Å². The highest BCUT2D eigenvalue weighted by Gasteiger charge is 2.24. The summed E-state index contributed by atoms with van der Waals surface area (Å²) in [7, 11) is 9.52. The number of nitrogens with zero attached hydrogens (tertiary/aromatic N) is 3. The van der Waals surface area contributed by atoms with Gasteiger partial charge in [0.1, 0.15) is 69.0 Å². The van der Waals surface area contributed by atoms with Crippen LogP contribution in [0.4, 0.5) is 22.7 Å². The zero-order valence-electron chi connectivity index (χ0n) is 51.4. The Morgan fingerprint density at radius 2 is 0.761 bits per heavy atom. The van der Waals surface area contributed by atoms with Gasteiger partial charge in [-0.25, -0.2) is 0 Å². The van der Waals surface area contributed by atoms with Gasteiger partial charge in [-0.05, 0) is 110 Å². The zero-order valence-corrected chi connectivity index (χ0v) is 51.4. The Morgan fingerprint density at radius 1 is 0.398 bits per heavy atom. The second-order valence-electron chi connectivity index (χ2n) is 21.5. The van der Waals surface area contributed by atoms with Crippen molar-refractivity contribution in [1.29, 1.82) is 0 Å². The summed E-state index contributed by atoms with van der Waals surface area (Å²) in [6, 6.07) is 36.5. The first-order valence-electron chi connectivity index (χ1n) is 29.6. The Kier molecular flexibility index (Phi) is 21.4. The molecular weight excluding hydrogens is 1110 g/mol. The molecule has 1 aliphatic carbocycles. The lowest BCUT2D eigenvalue weighted by molar-refractivity contribution is 0.300. The van der Waals surface area contributed by atoms with Crippen molar-refractivity contribution in [2.24, 2.45) is 15.0 Å². The predicted molar refractivity (Wildman–Crippen MR) is 348 cm³/mol. The summed E-state index contributed by atoms with van der Waals surface area (Å²) >= 11 is 0. The molecule has 8 aromatic carbocycles. The first kappa shape index (κ1) is 62.7. The van der Waals surface area contributed by atoms with Crippen molar-refractivity contribution in [3.05, 3.63) is 188 Å². The molecule has 0 aromatic heterocycles. The van der Waals surface area contributed by atoms with Gasteiger partial charge in [0.25, 0.3) is 0 Å². The number of benzene rings is 8. The molecule has 9 rings (SSSR count). The van der Waals surface area contributed by atoms with Crippen molar-refractivity contribution in [1.82, 2.24) is 0 Å². The number of anilines is 1. The number of phenolic OH excluding ortho intramolecular Hbond substituents is 4. The third kappa shape index (κ3) is 15.6. The fraction of sp³-hybridized carbons (Fsp3) is 0.292. The van der Waals surface area contributed by atoms with Crippen molar-refractivity contribution in [2.75, 3.05) is 61.2 Å². The first-order chi connectivity index (χ1) is 42.8. The van der Waals surface area contributed by atoms with Crippen LogP contribution in [0.1, 0.15) is 119 Å². The van der Waals surface area contributed by atoms with Crippen LogP contribution in [0.25, 0.3) is 0 Å². The highest BCUT2D eigenvalue weighted by molar-refractivity contribution is 5.88. The van der Waals surface area contributed by atoms with Gasteiger partial charge in [0.05, 0.1) is 72.9 Å². The Labute approximate surface area is 515 Å². The smallest absolute Gasteiger partial charge is 0.131 e. The van der Waals surface area contributed by atoms with E-state index in [9.17, 15) is 20.4 Å². The number of aliphatic imine (C=N–C) groups is 3. The van der Waals surface area contributed by atoms with Crippen molar-refractivity contribution in [3.8, 4) is 69.0 Å². The van der Waals surface area contributed by atoms with Gasteiger partial charge >= 0.3 is 0 Å². The summed E-state index contributed by atoms with van der Waals surface area (Å²) in [6.07, 6.45) is 11.3. The second-order valence-corrected chi connectivity index (χ2v) is 21.5. The summed E-state index contributed by atoms with van der Waals surface area (Å²) in [4.78, 5) is 15.2. The molecule has 1 aliphatic rings. The molecule has 0 radical (unpaired) electrons. The van der Waals surface area contributed by atoms with Gasteiger partial charge in [-0.1, -0.05) is 39.5 Å². The van der Waals surface area contributed by atoms with Crippen molar-refractivity contribution in [2.45, 2.75) is 84.6 Å². The third-order valence-corrected chi connectivity index (χ3v) is 15.4. The predicted octanol–water partition coefficient (Wildman–Crippen LogP) is 15.2. The van der Waals surface area contributed by atoms with E-state index >= 15 is 0 Å². The molecule has 88 heavy (non-hydrogen) atoms. The number of unbranched alkanes of at least 4 members (excludes halogenated alkanes) is 4. The van der Waals surface area contributed by atoms with E-state index in [1.165, 1.54) is 13.2 Å². The Morgan fingerprint density at radius 3 is 1.16 bits per heavy atom. The first-order valence-corrected chi connectivity index (χ1v) is 29.6. The maximum absolute atomic E-state index is 13.0. The lowest BCUT2D eigenvalue weighted by atomic mass is 9.90. The number of fused-ring (bicyclic) bond motifs is 8. The summed E-state index contributed by atoms with van der Waals surface area (Å²) < 4.78 is 47.9. The number of methoxy groups -OCH3 is 6. The van der Waals surface area contributed by atoms with Gasteiger partial charge in [-0.2, -0.15) is 0 Å². The van der Waals surface area contributed by atoms with Gasteiger partial charge in [-0.3, -0.25) is 15.0 Å². The Bertz CT molecular complexity index is 3660. The second kappa shape index (κ2) is 30.0. The molecule has 0 atom stereocenters. The molecule has 0 heterocycles. The summed E-state index contributed by atoms with van der Waals surface area (Å²) in [5, 5.41) is 50.3. The number of rotatable bonds is 25. The van der Waals surface area contributed by atoms with E-state index in [1.807, 2.05) is 78.9 Å². The van der Waals surface area contributed by atoms with E-state index < -0.39 is 0 Å². The fourth-order valence-corrected chi connectivity index (χ4v) is 10.8. The molecule has 0 saturated carbocycles. The summed E-state index contributed by atoms with van der Waals surface area (Å²) in [5.41, 5.74) is 10.6. The van der Waals surface area contributed by atoms with E-state index in [0.29, 0.717) is 111 Å². The van der Waals surface area contributed by atoms with Crippen LogP contribution in [-0.4, -0.2) is 94.9 Å². The Balaban J connectivity index is 1.31. The molecule has 458 valence electrons. The number of ether oxygens (including phenoxy) is 8. The highest BCUT2D eigenvalue weighted by Crippen LogP contribution is 2.44. The third-order valence-electron chi connectivity index (χ3n) is 15.4. The quantitative estimate of drug-likeness (QED) is 0.0206. The maximum atomic E-state index is 13.0. The van der Waals surface area contributed by atoms with Crippen LogP contribution in [-0.2, 0) is 32.2 Å². The van der Waals surface area contributed by atoms with Crippen LogP contribution in [0.5, 0.6) is 69.0 Å². The van der Waals surface area contributed by atoms with Crippen LogP contribution < -0.4 is 43.2 Å². The molecule has 0 amide bonds. The van der Waals surface area contributed by atoms with Crippen molar-refractivity contribution in [3.63, 3.8) is 0 Å². The molecule has 5 N–H and O–H groups in total. The largest absolute Gasteiger partial charge is 0.508 e. The van der Waals surface area contributed by atoms with Crippen LogP contribution >= 0.6 is 0 Å². The normalized spacial score (nSPS) is 12.1. The molecule has 8 bridgehead atoms. The highest BCUT2D eigenvalue weighted by atomic mass is 16.5. The molecular formula is C72H78N4O12. The van der Waals surface area contributed by atoms with E-state index in [0.717, 1.165) is 83.2 Å². The van der Waals surface area contributed by atoms with E-state index in [4.69, 9.17) is 52.9 Å². The summed E-state index contributed by atoms with van der Waals surface area (Å²) in [5.74, 6) is 4.85. The molecule has 0 saturated heterocycles. The van der Waals surface area contributed by atoms with Crippen LogP contribution in [0, 0.1) is 0 Å². The number of phenols is 4. The molecule has 16 nitrogen and oxygen atoms in total. The van der Waals surface area contributed by atoms with Gasteiger partial charge in [0, 0.05) is 148 Å². The van der Waals surface area contributed by atoms with Gasteiger partial charge in [0.2, 0.25) is 0 Å². The average Bonchev–Trinajstić information content (AvgIpc) is 2.00. The molecule has 16 heteroatoms. The van der Waals surface area contributed by atoms with E-state index in [1.54, 1.807) is 90.6 Å². The van der Waals surface area contributed by atoms with Crippen molar-refractivity contribution < 1.29 is 58.3 Å². The number of hydrogen-bond donors (Lipinski definition) is 5. The minimum absolute atomic E-state index is 0.0534. The van der Waals surface area contributed by atoms with Crippen LogP contribution in [0.15, 0.2) is 136 Å². The minimum Gasteiger partial charge on any atom is -0.508 e. The van der Waals surface area contributed by atoms with Gasteiger partial charge in [-0.15, -0.1) is 0 Å². The molecule has 0 aliphatic heterocycles. The number of nitrogens with one attached hydrogen (secondary N) is 1. The van der Waals surface area contributed by atoms with Crippen LogP contribution in [0.2, 0.25) is 0 Å². The minimum atomic E-state index is 0.0534. The standard InChI is InChI=1S/C72H78N4O12/c1-9-11-13-23-87-71-53-25-49-29-57(73-41-45-15-19-61(77)37-65(45)83-5)31-51(69(49)79)27-55-35-60(76-44-48-18-22-64(82-4)40-68(48)86-8)36-56(72(55)88-24-14-12-10-2)28-52-32-58(74-42-46-16-20-62(78)38-66(46)84-6)30-50(70(52)80)26-54(71)34-59(33-53)75-43-47-17-21-63(81-3)39-67(47)85-7/h15-22,29-41,43-44,74,77-80H,9-14,23-28,42H2,1-8H3/b73-41+,75-43+,76-44+. The van der Waals surface area contributed by atoms with Crippen LogP contribution in [0.3, 0.4) is 0 Å². The molecule has 0 fully saturated rings.